The Bertz CT molecular complexity index is 495. The molecule has 0 amide bonds. The Morgan fingerprint density at radius 2 is 2.08 bits per heavy atom. The molecule has 0 saturated carbocycles. The molecular weight excluding hydrogens is 427 g/mol. The molecule has 0 radical (unpaired) electrons. The van der Waals surface area contributed by atoms with Crippen molar-refractivity contribution >= 4 is 29.9 Å². The van der Waals surface area contributed by atoms with E-state index in [4.69, 9.17) is 4.74 Å². The first-order valence-electron chi connectivity index (χ1n) is 8.91. The van der Waals surface area contributed by atoms with Crippen LogP contribution in [-0.2, 0) is 11.3 Å². The zero-order chi connectivity index (χ0) is 17.2. The van der Waals surface area contributed by atoms with Crippen molar-refractivity contribution in [3.8, 4) is 0 Å². The number of hydrogen-bond acceptors (Lipinski definition) is 3. The number of hydrogen-bond donors (Lipinski definition) is 1. The van der Waals surface area contributed by atoms with Crippen LogP contribution in [0.1, 0.15) is 18.4 Å². The van der Waals surface area contributed by atoms with Gasteiger partial charge in [0.1, 0.15) is 0 Å². The Hall–Kier alpha value is -0.860. The monoisotopic (exact) mass is 460 g/mol. The number of likely N-dealkylation sites (tertiary alicyclic amines) is 1. The van der Waals surface area contributed by atoms with Crippen molar-refractivity contribution in [2.45, 2.75) is 19.4 Å². The highest BCUT2D eigenvalue weighted by Gasteiger charge is 2.24. The molecule has 0 aliphatic carbocycles. The summed E-state index contributed by atoms with van der Waals surface area (Å²) in [5, 5.41) is 3.48. The number of guanidine groups is 1. The van der Waals surface area contributed by atoms with Gasteiger partial charge in [-0.1, -0.05) is 30.3 Å². The predicted octanol–water partition coefficient (Wildman–Crippen LogP) is 2.67. The third-order valence-electron chi connectivity index (χ3n) is 4.33. The number of rotatable bonds is 8. The van der Waals surface area contributed by atoms with E-state index in [1.165, 1.54) is 12.0 Å². The molecule has 1 saturated heterocycles. The quantitative estimate of drug-likeness (QED) is 0.280. The molecule has 25 heavy (non-hydrogen) atoms. The topological polar surface area (TPSA) is 40.1 Å². The van der Waals surface area contributed by atoms with Crippen LogP contribution in [0.5, 0.6) is 0 Å². The van der Waals surface area contributed by atoms with E-state index in [9.17, 15) is 0 Å². The van der Waals surface area contributed by atoms with Gasteiger partial charge >= 0.3 is 0 Å². The fourth-order valence-corrected chi connectivity index (χ4v) is 3.01. The van der Waals surface area contributed by atoms with Crippen LogP contribution >= 0.6 is 24.0 Å². The van der Waals surface area contributed by atoms with E-state index < -0.39 is 0 Å². The standard InChI is InChI=1S/C19H32N4O.HI/c1-20-19(21-11-7-12-22(2)3)23-13-10-18(14-23)16-24-15-17-8-5-4-6-9-17;/h4-6,8-9,18H,7,10-16H2,1-3H3,(H,20,21);1H. The summed E-state index contributed by atoms with van der Waals surface area (Å²) in [5.74, 6) is 1.62. The first-order valence-corrected chi connectivity index (χ1v) is 8.91. The van der Waals surface area contributed by atoms with Crippen molar-refractivity contribution in [1.82, 2.24) is 15.1 Å². The average Bonchev–Trinajstić information content (AvgIpc) is 3.04. The zero-order valence-corrected chi connectivity index (χ0v) is 18.1. The first kappa shape index (κ1) is 22.2. The van der Waals surface area contributed by atoms with Crippen LogP contribution in [0.4, 0.5) is 0 Å². The molecular formula is C19H33IN4O. The molecule has 142 valence electrons. The maximum atomic E-state index is 5.90. The van der Waals surface area contributed by atoms with Crippen LogP contribution in [0.2, 0.25) is 0 Å². The minimum Gasteiger partial charge on any atom is -0.376 e. The maximum Gasteiger partial charge on any atom is 0.193 e. The SMILES string of the molecule is CN=C(NCCCN(C)C)N1CCC(COCc2ccccc2)C1.I. The van der Waals surface area contributed by atoms with Crippen molar-refractivity contribution in [1.29, 1.82) is 0 Å². The van der Waals surface area contributed by atoms with Gasteiger partial charge < -0.3 is 19.9 Å². The highest BCUT2D eigenvalue weighted by molar-refractivity contribution is 14.0. The van der Waals surface area contributed by atoms with E-state index in [0.717, 1.165) is 45.2 Å². The lowest BCUT2D eigenvalue weighted by Crippen LogP contribution is -2.41. The summed E-state index contributed by atoms with van der Waals surface area (Å²) in [6.07, 6.45) is 2.30. The van der Waals surface area contributed by atoms with Crippen LogP contribution in [-0.4, -0.2) is 69.7 Å². The summed E-state index contributed by atoms with van der Waals surface area (Å²) in [7, 11) is 6.08. The van der Waals surface area contributed by atoms with E-state index in [1.807, 2.05) is 13.1 Å². The van der Waals surface area contributed by atoms with Gasteiger partial charge in [-0.25, -0.2) is 0 Å². The molecule has 1 fully saturated rings. The lowest BCUT2D eigenvalue weighted by Gasteiger charge is -2.22. The summed E-state index contributed by atoms with van der Waals surface area (Å²) in [6, 6.07) is 10.4. The van der Waals surface area contributed by atoms with Gasteiger partial charge in [-0.2, -0.15) is 0 Å². The highest BCUT2D eigenvalue weighted by atomic mass is 127. The Kier molecular flexibility index (Phi) is 11.1. The highest BCUT2D eigenvalue weighted by Crippen LogP contribution is 2.17. The molecule has 1 atom stereocenters. The molecule has 2 rings (SSSR count). The lowest BCUT2D eigenvalue weighted by atomic mass is 10.1. The fourth-order valence-electron chi connectivity index (χ4n) is 3.01. The maximum absolute atomic E-state index is 5.90. The Morgan fingerprint density at radius 1 is 1.32 bits per heavy atom. The largest absolute Gasteiger partial charge is 0.376 e. The number of benzene rings is 1. The van der Waals surface area contributed by atoms with E-state index in [-0.39, 0.29) is 24.0 Å². The molecule has 5 nitrogen and oxygen atoms in total. The number of nitrogens with zero attached hydrogens (tertiary/aromatic N) is 3. The van der Waals surface area contributed by atoms with Gasteiger partial charge in [-0.05, 0) is 39.0 Å². The van der Waals surface area contributed by atoms with Crippen molar-refractivity contribution < 1.29 is 4.74 Å². The van der Waals surface area contributed by atoms with Crippen molar-refractivity contribution in [3.63, 3.8) is 0 Å². The summed E-state index contributed by atoms with van der Waals surface area (Å²) >= 11 is 0. The molecule has 1 unspecified atom stereocenters. The molecule has 1 aromatic carbocycles. The molecule has 0 spiro atoms. The van der Waals surface area contributed by atoms with Crippen molar-refractivity contribution in [2.24, 2.45) is 10.9 Å². The molecule has 0 bridgehead atoms. The number of ether oxygens (including phenoxy) is 1. The van der Waals surface area contributed by atoms with E-state index in [2.05, 4.69) is 58.5 Å². The van der Waals surface area contributed by atoms with E-state index >= 15 is 0 Å². The van der Waals surface area contributed by atoms with E-state index in [1.54, 1.807) is 0 Å². The van der Waals surface area contributed by atoms with Gasteiger partial charge in [0.2, 0.25) is 0 Å². The number of halogens is 1. The summed E-state index contributed by atoms with van der Waals surface area (Å²) < 4.78 is 5.90. The number of aliphatic imine (C=N–C) groups is 1. The third-order valence-corrected chi connectivity index (χ3v) is 4.33. The second-order valence-corrected chi connectivity index (χ2v) is 6.73. The van der Waals surface area contributed by atoms with Gasteiger partial charge in [0.05, 0.1) is 13.2 Å². The van der Waals surface area contributed by atoms with Crippen LogP contribution in [0, 0.1) is 5.92 Å². The Morgan fingerprint density at radius 3 is 2.76 bits per heavy atom. The molecule has 1 heterocycles. The van der Waals surface area contributed by atoms with Crippen LogP contribution in [0.25, 0.3) is 0 Å². The minimum atomic E-state index is 0. The average molecular weight is 460 g/mol. The normalized spacial score (nSPS) is 17.7. The Balaban J connectivity index is 0.00000312. The van der Waals surface area contributed by atoms with Gasteiger partial charge in [0.15, 0.2) is 5.96 Å². The van der Waals surface area contributed by atoms with Gasteiger partial charge in [-0.15, -0.1) is 24.0 Å². The van der Waals surface area contributed by atoms with Crippen molar-refractivity contribution in [3.05, 3.63) is 35.9 Å². The molecule has 1 aliphatic rings. The molecule has 0 aromatic heterocycles. The van der Waals surface area contributed by atoms with Gasteiger partial charge in [0, 0.05) is 32.6 Å². The molecule has 6 heteroatoms. The third kappa shape index (κ3) is 8.37. The van der Waals surface area contributed by atoms with Crippen LogP contribution in [0.3, 0.4) is 0 Å². The molecule has 1 N–H and O–H groups in total. The van der Waals surface area contributed by atoms with Crippen LogP contribution < -0.4 is 5.32 Å². The zero-order valence-electron chi connectivity index (χ0n) is 15.8. The first-order chi connectivity index (χ1) is 11.7. The molecule has 1 aliphatic heterocycles. The van der Waals surface area contributed by atoms with Crippen molar-refractivity contribution in [2.75, 3.05) is 53.9 Å². The van der Waals surface area contributed by atoms with Gasteiger partial charge in [0.25, 0.3) is 0 Å². The smallest absolute Gasteiger partial charge is 0.193 e. The van der Waals surface area contributed by atoms with E-state index in [0.29, 0.717) is 12.5 Å². The second-order valence-electron chi connectivity index (χ2n) is 6.73. The fraction of sp³-hybridized carbons (Fsp3) is 0.632. The van der Waals surface area contributed by atoms with Gasteiger partial charge in [-0.3, -0.25) is 4.99 Å². The summed E-state index contributed by atoms with van der Waals surface area (Å²) in [5.41, 5.74) is 1.24. The second kappa shape index (κ2) is 12.5. The lowest BCUT2D eigenvalue weighted by molar-refractivity contribution is 0.0907. The Labute approximate surface area is 169 Å². The minimum absolute atomic E-state index is 0. The molecule has 1 aromatic rings. The summed E-state index contributed by atoms with van der Waals surface area (Å²) in [4.78, 5) is 8.99. The number of nitrogens with one attached hydrogen (secondary N) is 1. The summed E-state index contributed by atoms with van der Waals surface area (Å²) in [6.45, 7) is 5.68. The predicted molar refractivity (Wildman–Crippen MR) is 116 cm³/mol. The van der Waals surface area contributed by atoms with Crippen LogP contribution in [0.15, 0.2) is 35.3 Å².